The summed E-state index contributed by atoms with van der Waals surface area (Å²) in [7, 11) is 1.60. The molecule has 0 aliphatic carbocycles. The van der Waals surface area contributed by atoms with Crippen molar-refractivity contribution in [2.24, 2.45) is 11.8 Å². The Kier molecular flexibility index (Phi) is 7.73. The minimum atomic E-state index is -1.03. The minimum Gasteiger partial charge on any atom is -0.480 e. The second-order valence-electron chi connectivity index (χ2n) is 8.99. The van der Waals surface area contributed by atoms with E-state index < -0.39 is 23.8 Å². The standard InChI is InChI=1S/C29H30N2O4/c1-30-27(29(34)35)26-23(18-25(32)22-15-9-4-10-16-22)28(33)31(19-21-13-7-3-8-14-21)24(26)17-20-11-5-2-6-12-20/h2-16,23-24,26-27,30H,17-19H2,1H3,(H,34,35). The van der Waals surface area contributed by atoms with Gasteiger partial charge in [0.15, 0.2) is 5.78 Å². The topological polar surface area (TPSA) is 86.7 Å². The van der Waals surface area contributed by atoms with Crippen LogP contribution in [-0.4, -0.2) is 46.8 Å². The van der Waals surface area contributed by atoms with Crippen LogP contribution in [-0.2, 0) is 22.6 Å². The number of carboxylic acids is 1. The molecule has 4 rings (SSSR count). The highest BCUT2D eigenvalue weighted by Crippen LogP contribution is 2.39. The molecule has 6 heteroatoms. The van der Waals surface area contributed by atoms with Gasteiger partial charge in [-0.25, -0.2) is 0 Å². The lowest BCUT2D eigenvalue weighted by molar-refractivity contribution is -0.141. The Morgan fingerprint density at radius 2 is 1.43 bits per heavy atom. The Morgan fingerprint density at radius 3 is 1.97 bits per heavy atom. The third-order valence-corrected chi connectivity index (χ3v) is 6.86. The monoisotopic (exact) mass is 470 g/mol. The van der Waals surface area contributed by atoms with Gasteiger partial charge in [0.2, 0.25) is 5.91 Å². The molecule has 6 nitrogen and oxygen atoms in total. The van der Waals surface area contributed by atoms with Crippen molar-refractivity contribution >= 4 is 17.7 Å². The van der Waals surface area contributed by atoms with Crippen LogP contribution in [0.4, 0.5) is 0 Å². The fourth-order valence-electron chi connectivity index (χ4n) is 5.19. The van der Waals surface area contributed by atoms with Crippen LogP contribution in [0.5, 0.6) is 0 Å². The van der Waals surface area contributed by atoms with Crippen molar-refractivity contribution in [3.05, 3.63) is 108 Å². The van der Waals surface area contributed by atoms with Crippen molar-refractivity contribution in [2.45, 2.75) is 31.5 Å². The third-order valence-electron chi connectivity index (χ3n) is 6.86. The number of likely N-dealkylation sites (tertiary alicyclic amines) is 1. The quantitative estimate of drug-likeness (QED) is 0.440. The summed E-state index contributed by atoms with van der Waals surface area (Å²) in [5.41, 5.74) is 2.50. The van der Waals surface area contributed by atoms with Crippen LogP contribution in [0, 0.1) is 11.8 Å². The number of rotatable bonds is 10. The molecule has 1 heterocycles. The smallest absolute Gasteiger partial charge is 0.321 e. The number of hydrogen-bond acceptors (Lipinski definition) is 4. The lowest BCUT2D eigenvalue weighted by Crippen LogP contribution is -2.49. The van der Waals surface area contributed by atoms with Gasteiger partial charge in [0, 0.05) is 30.5 Å². The Labute approximate surface area is 205 Å². The first-order valence-corrected chi connectivity index (χ1v) is 11.9. The second-order valence-corrected chi connectivity index (χ2v) is 8.99. The highest BCUT2D eigenvalue weighted by molar-refractivity contribution is 5.99. The zero-order chi connectivity index (χ0) is 24.8. The zero-order valence-electron chi connectivity index (χ0n) is 19.7. The molecule has 1 amide bonds. The van der Waals surface area contributed by atoms with E-state index in [9.17, 15) is 19.5 Å². The molecular weight excluding hydrogens is 440 g/mol. The van der Waals surface area contributed by atoms with E-state index >= 15 is 0 Å². The molecule has 1 aliphatic rings. The average Bonchev–Trinajstić information content (AvgIpc) is 3.11. The maximum absolute atomic E-state index is 13.9. The molecule has 0 aromatic heterocycles. The van der Waals surface area contributed by atoms with Crippen LogP contribution in [0.2, 0.25) is 0 Å². The number of nitrogens with zero attached hydrogens (tertiary/aromatic N) is 1. The molecule has 0 spiro atoms. The number of amides is 1. The fourth-order valence-corrected chi connectivity index (χ4v) is 5.19. The summed E-state index contributed by atoms with van der Waals surface area (Å²) < 4.78 is 0. The number of nitrogens with one attached hydrogen (secondary N) is 1. The van der Waals surface area contributed by atoms with Gasteiger partial charge in [-0.2, -0.15) is 0 Å². The van der Waals surface area contributed by atoms with E-state index in [1.807, 2.05) is 66.7 Å². The zero-order valence-corrected chi connectivity index (χ0v) is 19.7. The van der Waals surface area contributed by atoms with Gasteiger partial charge in [0.05, 0.1) is 5.92 Å². The Balaban J connectivity index is 1.74. The van der Waals surface area contributed by atoms with Crippen molar-refractivity contribution in [1.82, 2.24) is 10.2 Å². The Hall–Kier alpha value is -3.77. The fraction of sp³-hybridized carbons (Fsp3) is 0.276. The molecule has 35 heavy (non-hydrogen) atoms. The molecule has 4 unspecified atom stereocenters. The maximum Gasteiger partial charge on any atom is 0.321 e. The summed E-state index contributed by atoms with van der Waals surface area (Å²) in [4.78, 5) is 41.1. The number of hydrogen-bond donors (Lipinski definition) is 2. The van der Waals surface area contributed by atoms with Gasteiger partial charge < -0.3 is 15.3 Å². The van der Waals surface area contributed by atoms with Crippen molar-refractivity contribution < 1.29 is 19.5 Å². The summed E-state index contributed by atoms with van der Waals surface area (Å²) in [6, 6.07) is 27.0. The number of likely N-dealkylation sites (N-methyl/N-ethyl adjacent to an activating group) is 1. The Bertz CT molecular complexity index is 1150. The van der Waals surface area contributed by atoms with Crippen molar-refractivity contribution in [1.29, 1.82) is 0 Å². The van der Waals surface area contributed by atoms with Gasteiger partial charge in [-0.15, -0.1) is 0 Å². The van der Waals surface area contributed by atoms with Gasteiger partial charge in [0.1, 0.15) is 6.04 Å². The molecule has 1 saturated heterocycles. The van der Waals surface area contributed by atoms with Crippen LogP contribution < -0.4 is 5.32 Å². The SMILES string of the molecule is CNC(C(=O)O)C1C(CC(=O)c2ccccc2)C(=O)N(Cc2ccccc2)C1Cc1ccccc1. The minimum absolute atomic E-state index is 0.0322. The van der Waals surface area contributed by atoms with E-state index in [-0.39, 0.29) is 24.2 Å². The Morgan fingerprint density at radius 1 is 0.886 bits per heavy atom. The van der Waals surface area contributed by atoms with E-state index in [0.29, 0.717) is 18.5 Å². The number of aliphatic carboxylic acids is 1. The molecule has 1 aliphatic heterocycles. The molecule has 0 radical (unpaired) electrons. The molecule has 3 aromatic rings. The summed E-state index contributed by atoms with van der Waals surface area (Å²) in [6.07, 6.45) is 0.473. The lowest BCUT2D eigenvalue weighted by atomic mass is 9.78. The van der Waals surface area contributed by atoms with E-state index in [4.69, 9.17) is 0 Å². The summed E-state index contributed by atoms with van der Waals surface area (Å²) in [5, 5.41) is 13.0. The highest BCUT2D eigenvalue weighted by Gasteiger charge is 2.52. The lowest BCUT2D eigenvalue weighted by Gasteiger charge is -2.32. The molecule has 4 atom stereocenters. The predicted molar refractivity (Wildman–Crippen MR) is 134 cm³/mol. The number of benzene rings is 3. The number of carbonyl (C=O) groups excluding carboxylic acids is 2. The van der Waals surface area contributed by atoms with Crippen LogP contribution in [0.25, 0.3) is 0 Å². The highest BCUT2D eigenvalue weighted by atomic mass is 16.4. The first-order chi connectivity index (χ1) is 17.0. The van der Waals surface area contributed by atoms with Gasteiger partial charge in [-0.05, 0) is 24.6 Å². The maximum atomic E-state index is 13.9. The van der Waals surface area contributed by atoms with Gasteiger partial charge >= 0.3 is 5.97 Å². The molecule has 1 fully saturated rings. The molecule has 180 valence electrons. The summed E-state index contributed by atoms with van der Waals surface area (Å²) in [6.45, 7) is 0.361. The third kappa shape index (κ3) is 5.49. The number of carbonyl (C=O) groups is 3. The van der Waals surface area contributed by atoms with E-state index in [2.05, 4.69) is 5.32 Å². The van der Waals surface area contributed by atoms with E-state index in [0.717, 1.165) is 11.1 Å². The molecule has 3 aromatic carbocycles. The van der Waals surface area contributed by atoms with Crippen LogP contribution in [0.15, 0.2) is 91.0 Å². The summed E-state index contributed by atoms with van der Waals surface area (Å²) in [5.74, 6) is -2.68. The van der Waals surface area contributed by atoms with Crippen LogP contribution in [0.3, 0.4) is 0 Å². The number of Topliss-reactive ketones (excluding diaryl/α,β-unsaturated/α-hetero) is 1. The first kappa shape index (κ1) is 24.4. The normalized spacial score (nSPS) is 20.5. The van der Waals surface area contributed by atoms with Crippen molar-refractivity contribution in [3.63, 3.8) is 0 Å². The number of carboxylic acid groups (broad SMARTS) is 1. The predicted octanol–water partition coefficient (Wildman–Crippen LogP) is 3.82. The molecule has 0 saturated carbocycles. The van der Waals surface area contributed by atoms with Crippen LogP contribution >= 0.6 is 0 Å². The first-order valence-electron chi connectivity index (χ1n) is 11.9. The van der Waals surface area contributed by atoms with Gasteiger partial charge in [0.25, 0.3) is 0 Å². The van der Waals surface area contributed by atoms with Crippen molar-refractivity contribution in [3.8, 4) is 0 Å². The van der Waals surface area contributed by atoms with Crippen LogP contribution in [0.1, 0.15) is 27.9 Å². The summed E-state index contributed by atoms with van der Waals surface area (Å²) >= 11 is 0. The molecular formula is C29H30N2O4. The van der Waals surface area contributed by atoms with Gasteiger partial charge in [-0.3, -0.25) is 14.4 Å². The van der Waals surface area contributed by atoms with E-state index in [1.165, 1.54) is 0 Å². The number of ketones is 1. The van der Waals surface area contributed by atoms with E-state index in [1.54, 1.807) is 36.2 Å². The average molecular weight is 471 g/mol. The van der Waals surface area contributed by atoms with Gasteiger partial charge in [-0.1, -0.05) is 91.0 Å². The largest absolute Gasteiger partial charge is 0.480 e. The molecule has 0 bridgehead atoms. The second kappa shape index (κ2) is 11.1. The molecule has 2 N–H and O–H groups in total. The van der Waals surface area contributed by atoms with Crippen molar-refractivity contribution in [2.75, 3.05) is 7.05 Å².